The molecular weight excluding hydrogens is 334 g/mol. The van der Waals surface area contributed by atoms with E-state index in [2.05, 4.69) is 15.1 Å². The van der Waals surface area contributed by atoms with Gasteiger partial charge in [0.15, 0.2) is 0 Å². The maximum absolute atomic E-state index is 12.7. The van der Waals surface area contributed by atoms with Crippen molar-refractivity contribution in [3.05, 3.63) is 57.0 Å². The molecule has 1 aromatic carbocycles. The molecule has 2 N–H and O–H groups in total. The Labute approximate surface area is 136 Å². The Morgan fingerprint density at radius 3 is 2.67 bits per heavy atom. The van der Waals surface area contributed by atoms with Crippen LogP contribution in [0.3, 0.4) is 0 Å². The average Bonchev–Trinajstić information content (AvgIpc) is 2.91. The molecule has 0 saturated heterocycles. The standard InChI is InChI=1S/C14H15N5O4S/c1-18-7-9(6-15-18)8-19(2)24(22,23)10-3-4-12-11(5-10)13(20)17-14(21)16-12/h3-7H,8H2,1-2H3,(H2,16,17,20,21). The van der Waals surface area contributed by atoms with E-state index in [0.29, 0.717) is 0 Å². The summed E-state index contributed by atoms with van der Waals surface area (Å²) in [6.07, 6.45) is 3.31. The predicted molar refractivity (Wildman–Crippen MR) is 87.1 cm³/mol. The SMILES string of the molecule is CN(Cc1cnn(C)c1)S(=O)(=O)c1ccc2[nH]c(=O)[nH]c(=O)c2c1. The minimum Gasteiger partial charge on any atom is -0.307 e. The summed E-state index contributed by atoms with van der Waals surface area (Å²) in [5.41, 5.74) is -0.262. The van der Waals surface area contributed by atoms with Crippen LogP contribution < -0.4 is 11.2 Å². The molecule has 0 aliphatic heterocycles. The first kappa shape index (κ1) is 16.1. The molecule has 0 saturated carbocycles. The molecule has 0 aliphatic carbocycles. The molecule has 10 heteroatoms. The Bertz CT molecular complexity index is 1130. The number of aromatic nitrogens is 4. The third kappa shape index (κ3) is 2.88. The molecule has 0 bridgehead atoms. The number of benzene rings is 1. The van der Waals surface area contributed by atoms with Crippen LogP contribution in [0.25, 0.3) is 10.9 Å². The monoisotopic (exact) mass is 349 g/mol. The predicted octanol–water partition coefficient (Wildman–Crippen LogP) is -0.229. The maximum Gasteiger partial charge on any atom is 0.326 e. The zero-order chi connectivity index (χ0) is 17.5. The van der Waals surface area contributed by atoms with Gasteiger partial charge < -0.3 is 4.98 Å². The van der Waals surface area contributed by atoms with Crippen LogP contribution in [0.1, 0.15) is 5.56 Å². The van der Waals surface area contributed by atoms with Crippen molar-refractivity contribution in [2.24, 2.45) is 7.05 Å². The molecule has 0 aliphatic rings. The number of nitrogens with one attached hydrogen (secondary N) is 2. The van der Waals surface area contributed by atoms with Crippen molar-refractivity contribution in [1.29, 1.82) is 0 Å². The van der Waals surface area contributed by atoms with Crippen LogP contribution in [0.4, 0.5) is 0 Å². The van der Waals surface area contributed by atoms with Crippen molar-refractivity contribution >= 4 is 20.9 Å². The molecule has 0 atom stereocenters. The third-order valence-corrected chi connectivity index (χ3v) is 5.38. The van der Waals surface area contributed by atoms with Crippen LogP contribution in [0, 0.1) is 0 Å². The zero-order valence-corrected chi connectivity index (χ0v) is 13.8. The highest BCUT2D eigenvalue weighted by Gasteiger charge is 2.22. The Kier molecular flexibility index (Phi) is 3.85. The number of aryl methyl sites for hydroxylation is 1. The second-order valence-electron chi connectivity index (χ2n) is 5.40. The van der Waals surface area contributed by atoms with Crippen LogP contribution >= 0.6 is 0 Å². The van der Waals surface area contributed by atoms with Crippen molar-refractivity contribution in [3.8, 4) is 0 Å². The van der Waals surface area contributed by atoms with E-state index >= 15 is 0 Å². The van der Waals surface area contributed by atoms with Crippen LogP contribution in [0.15, 0.2) is 45.1 Å². The van der Waals surface area contributed by atoms with Gasteiger partial charge in [0.25, 0.3) is 5.56 Å². The number of nitrogens with zero attached hydrogens (tertiary/aromatic N) is 3. The molecule has 2 heterocycles. The van der Waals surface area contributed by atoms with Crippen molar-refractivity contribution in [3.63, 3.8) is 0 Å². The molecule has 0 spiro atoms. The summed E-state index contributed by atoms with van der Waals surface area (Å²) >= 11 is 0. The number of H-pyrrole nitrogens is 2. The van der Waals surface area contributed by atoms with Crippen molar-refractivity contribution in [2.75, 3.05) is 7.05 Å². The highest BCUT2D eigenvalue weighted by Crippen LogP contribution is 2.19. The van der Waals surface area contributed by atoms with Gasteiger partial charge in [0.1, 0.15) is 0 Å². The molecule has 24 heavy (non-hydrogen) atoms. The minimum absolute atomic E-state index is 0.0288. The quantitative estimate of drug-likeness (QED) is 0.674. The summed E-state index contributed by atoms with van der Waals surface area (Å²) in [5.74, 6) is 0. The molecule has 0 amide bonds. The lowest BCUT2D eigenvalue weighted by Crippen LogP contribution is -2.27. The number of hydrogen-bond donors (Lipinski definition) is 2. The molecule has 9 nitrogen and oxygen atoms in total. The number of fused-ring (bicyclic) bond motifs is 1. The van der Waals surface area contributed by atoms with Gasteiger partial charge in [0.05, 0.1) is 22.0 Å². The smallest absolute Gasteiger partial charge is 0.307 e. The van der Waals surface area contributed by atoms with Gasteiger partial charge in [-0.1, -0.05) is 0 Å². The van der Waals surface area contributed by atoms with Gasteiger partial charge in [-0.15, -0.1) is 0 Å². The Hall–Kier alpha value is -2.72. The van der Waals surface area contributed by atoms with Gasteiger partial charge in [-0.3, -0.25) is 14.5 Å². The summed E-state index contributed by atoms with van der Waals surface area (Å²) < 4.78 is 28.1. The first-order chi connectivity index (χ1) is 11.3. The number of aromatic amines is 2. The van der Waals surface area contributed by atoms with E-state index in [9.17, 15) is 18.0 Å². The fourth-order valence-corrected chi connectivity index (χ4v) is 3.57. The first-order valence-corrected chi connectivity index (χ1v) is 8.41. The Morgan fingerprint density at radius 2 is 2.00 bits per heavy atom. The van der Waals surface area contributed by atoms with Gasteiger partial charge in [0, 0.05) is 32.4 Å². The molecule has 3 aromatic rings. The topological polar surface area (TPSA) is 121 Å². The van der Waals surface area contributed by atoms with Crippen LogP contribution in [0.5, 0.6) is 0 Å². The lowest BCUT2D eigenvalue weighted by molar-refractivity contribution is 0.466. The highest BCUT2D eigenvalue weighted by atomic mass is 32.2. The van der Waals surface area contributed by atoms with Crippen molar-refractivity contribution < 1.29 is 8.42 Å². The van der Waals surface area contributed by atoms with E-state index in [-0.39, 0.29) is 22.3 Å². The molecule has 126 valence electrons. The molecule has 0 unspecified atom stereocenters. The van der Waals surface area contributed by atoms with E-state index in [0.717, 1.165) is 5.56 Å². The third-order valence-electron chi connectivity index (χ3n) is 3.58. The van der Waals surface area contributed by atoms with E-state index in [4.69, 9.17) is 0 Å². The second-order valence-corrected chi connectivity index (χ2v) is 7.44. The van der Waals surface area contributed by atoms with Crippen LogP contribution in [0.2, 0.25) is 0 Å². The van der Waals surface area contributed by atoms with Crippen molar-refractivity contribution in [2.45, 2.75) is 11.4 Å². The molecular formula is C14H15N5O4S. The Morgan fingerprint density at radius 1 is 1.25 bits per heavy atom. The molecule has 2 aromatic heterocycles. The minimum atomic E-state index is -3.79. The first-order valence-electron chi connectivity index (χ1n) is 6.97. The average molecular weight is 349 g/mol. The second kappa shape index (κ2) is 5.73. The Balaban J connectivity index is 2.01. The van der Waals surface area contributed by atoms with Gasteiger partial charge in [-0.2, -0.15) is 9.40 Å². The lowest BCUT2D eigenvalue weighted by Gasteiger charge is -2.16. The van der Waals surface area contributed by atoms with E-state index in [1.165, 1.54) is 29.6 Å². The number of rotatable bonds is 4. The fourth-order valence-electron chi connectivity index (χ4n) is 2.38. The largest absolute Gasteiger partial charge is 0.326 e. The van der Waals surface area contributed by atoms with Gasteiger partial charge in [-0.05, 0) is 18.2 Å². The summed E-state index contributed by atoms with van der Waals surface area (Å²) in [5, 5.41) is 4.10. The summed E-state index contributed by atoms with van der Waals surface area (Å²) in [7, 11) is -0.602. The summed E-state index contributed by atoms with van der Waals surface area (Å²) in [4.78, 5) is 27.6. The van der Waals surface area contributed by atoms with Crippen LogP contribution in [-0.2, 0) is 23.6 Å². The van der Waals surface area contributed by atoms with E-state index in [1.54, 1.807) is 24.1 Å². The van der Waals surface area contributed by atoms with Gasteiger partial charge in [-0.25, -0.2) is 13.2 Å². The van der Waals surface area contributed by atoms with Crippen LogP contribution in [-0.4, -0.2) is 39.5 Å². The number of sulfonamides is 1. The maximum atomic E-state index is 12.7. The normalized spacial score (nSPS) is 12.1. The molecule has 0 fully saturated rings. The van der Waals surface area contributed by atoms with Gasteiger partial charge >= 0.3 is 5.69 Å². The zero-order valence-electron chi connectivity index (χ0n) is 13.0. The van der Waals surface area contributed by atoms with Crippen molar-refractivity contribution in [1.82, 2.24) is 24.1 Å². The molecule has 3 rings (SSSR count). The van der Waals surface area contributed by atoms with E-state index < -0.39 is 21.3 Å². The lowest BCUT2D eigenvalue weighted by atomic mass is 10.2. The number of hydrogen-bond acceptors (Lipinski definition) is 5. The molecule has 0 radical (unpaired) electrons. The van der Waals surface area contributed by atoms with Gasteiger partial charge in [0.2, 0.25) is 10.0 Å². The summed E-state index contributed by atoms with van der Waals surface area (Å²) in [6, 6.07) is 4.00. The fraction of sp³-hybridized carbons (Fsp3) is 0.214. The van der Waals surface area contributed by atoms with E-state index in [1.807, 2.05) is 0 Å². The highest BCUT2D eigenvalue weighted by molar-refractivity contribution is 7.89. The summed E-state index contributed by atoms with van der Waals surface area (Å²) in [6.45, 7) is 0.149.